The second-order valence-electron chi connectivity index (χ2n) is 4.91. The van der Waals surface area contributed by atoms with Crippen LogP contribution >= 0.6 is 15.9 Å². The zero-order valence-corrected chi connectivity index (χ0v) is 13.0. The van der Waals surface area contributed by atoms with E-state index in [1.54, 1.807) is 6.07 Å². The highest BCUT2D eigenvalue weighted by molar-refractivity contribution is 9.10. The Balaban J connectivity index is 2.20. The molecule has 1 unspecified atom stereocenters. The standard InChI is InChI=1S/C17H18BrFO/c1-2-3-4-12-5-7-13(8-6-12)17(20)15-11-14(19)9-10-16(15)18/h5-11,17,20H,2-4H2,1H3. The lowest BCUT2D eigenvalue weighted by atomic mass is 9.99. The Labute approximate surface area is 127 Å². The minimum absolute atomic E-state index is 0.346. The zero-order valence-electron chi connectivity index (χ0n) is 11.4. The van der Waals surface area contributed by atoms with E-state index in [1.807, 2.05) is 24.3 Å². The van der Waals surface area contributed by atoms with Gasteiger partial charge in [-0.05, 0) is 42.2 Å². The molecular formula is C17H18BrFO. The van der Waals surface area contributed by atoms with Gasteiger partial charge in [0, 0.05) is 10.0 Å². The molecule has 106 valence electrons. The molecule has 0 radical (unpaired) electrons. The summed E-state index contributed by atoms with van der Waals surface area (Å²) in [6.07, 6.45) is 2.56. The molecule has 0 fully saturated rings. The molecule has 0 spiro atoms. The monoisotopic (exact) mass is 336 g/mol. The Morgan fingerprint density at radius 2 is 1.85 bits per heavy atom. The van der Waals surface area contributed by atoms with E-state index in [9.17, 15) is 9.50 Å². The average Bonchev–Trinajstić information content (AvgIpc) is 2.47. The van der Waals surface area contributed by atoms with Gasteiger partial charge in [-0.2, -0.15) is 0 Å². The molecule has 0 amide bonds. The molecule has 0 aliphatic rings. The number of rotatable bonds is 5. The molecule has 0 bridgehead atoms. The van der Waals surface area contributed by atoms with Crippen molar-refractivity contribution in [2.45, 2.75) is 32.3 Å². The van der Waals surface area contributed by atoms with Gasteiger partial charge in [0.15, 0.2) is 0 Å². The van der Waals surface area contributed by atoms with Crippen molar-refractivity contribution in [2.24, 2.45) is 0 Å². The molecule has 0 saturated heterocycles. The molecular weight excluding hydrogens is 319 g/mol. The van der Waals surface area contributed by atoms with E-state index in [1.165, 1.54) is 24.1 Å². The summed E-state index contributed by atoms with van der Waals surface area (Å²) in [5, 5.41) is 10.4. The number of aliphatic hydroxyl groups excluding tert-OH is 1. The van der Waals surface area contributed by atoms with E-state index in [0.29, 0.717) is 10.0 Å². The first-order chi connectivity index (χ1) is 9.61. The van der Waals surface area contributed by atoms with E-state index in [0.717, 1.165) is 18.4 Å². The maximum atomic E-state index is 13.3. The predicted molar refractivity (Wildman–Crippen MR) is 83.2 cm³/mol. The van der Waals surface area contributed by atoms with E-state index in [4.69, 9.17) is 0 Å². The fraction of sp³-hybridized carbons (Fsp3) is 0.294. The number of aryl methyl sites for hydroxylation is 1. The Morgan fingerprint density at radius 1 is 1.15 bits per heavy atom. The molecule has 0 heterocycles. The lowest BCUT2D eigenvalue weighted by Gasteiger charge is -2.14. The molecule has 1 N–H and O–H groups in total. The molecule has 1 atom stereocenters. The summed E-state index contributed by atoms with van der Waals surface area (Å²) in [6, 6.07) is 12.2. The Morgan fingerprint density at radius 3 is 2.50 bits per heavy atom. The van der Waals surface area contributed by atoms with E-state index >= 15 is 0 Å². The molecule has 3 heteroatoms. The van der Waals surface area contributed by atoms with Gasteiger partial charge in [-0.15, -0.1) is 0 Å². The maximum absolute atomic E-state index is 13.3. The van der Waals surface area contributed by atoms with Crippen LogP contribution in [0.5, 0.6) is 0 Å². The van der Waals surface area contributed by atoms with E-state index in [2.05, 4.69) is 22.9 Å². The molecule has 0 aliphatic carbocycles. The van der Waals surface area contributed by atoms with Gasteiger partial charge in [0.1, 0.15) is 11.9 Å². The van der Waals surface area contributed by atoms with Crippen molar-refractivity contribution in [3.05, 3.63) is 69.4 Å². The number of hydrogen-bond donors (Lipinski definition) is 1. The molecule has 2 aromatic rings. The van der Waals surface area contributed by atoms with Gasteiger partial charge in [-0.3, -0.25) is 0 Å². The number of benzene rings is 2. The lowest BCUT2D eigenvalue weighted by Crippen LogP contribution is -2.01. The van der Waals surface area contributed by atoms with Crippen molar-refractivity contribution in [2.75, 3.05) is 0 Å². The molecule has 0 saturated carbocycles. The molecule has 0 aliphatic heterocycles. The number of aliphatic hydroxyl groups is 1. The largest absolute Gasteiger partial charge is 0.384 e. The van der Waals surface area contributed by atoms with Crippen molar-refractivity contribution in [3.8, 4) is 0 Å². The van der Waals surface area contributed by atoms with Gasteiger partial charge in [-0.25, -0.2) is 4.39 Å². The third-order valence-electron chi connectivity index (χ3n) is 3.37. The van der Waals surface area contributed by atoms with Gasteiger partial charge in [-0.1, -0.05) is 53.5 Å². The second kappa shape index (κ2) is 7.00. The fourth-order valence-corrected chi connectivity index (χ4v) is 2.61. The van der Waals surface area contributed by atoms with Crippen LogP contribution in [0.2, 0.25) is 0 Å². The van der Waals surface area contributed by atoms with Crippen LogP contribution in [0.1, 0.15) is 42.6 Å². The highest BCUT2D eigenvalue weighted by Gasteiger charge is 2.14. The van der Waals surface area contributed by atoms with Gasteiger partial charge in [0.25, 0.3) is 0 Å². The Hall–Kier alpha value is -1.19. The first-order valence-corrected chi connectivity index (χ1v) is 7.63. The van der Waals surface area contributed by atoms with Crippen molar-refractivity contribution >= 4 is 15.9 Å². The zero-order chi connectivity index (χ0) is 14.5. The van der Waals surface area contributed by atoms with Crippen LogP contribution in [0.4, 0.5) is 4.39 Å². The summed E-state index contributed by atoms with van der Waals surface area (Å²) in [6.45, 7) is 2.17. The smallest absolute Gasteiger partial charge is 0.123 e. The topological polar surface area (TPSA) is 20.2 Å². The Bertz CT molecular complexity index is 566. The highest BCUT2D eigenvalue weighted by Crippen LogP contribution is 2.29. The van der Waals surface area contributed by atoms with Gasteiger partial charge in [0.05, 0.1) is 0 Å². The first kappa shape index (κ1) is 15.2. The van der Waals surface area contributed by atoms with Crippen molar-refractivity contribution in [3.63, 3.8) is 0 Å². The second-order valence-corrected chi connectivity index (χ2v) is 5.77. The summed E-state index contributed by atoms with van der Waals surface area (Å²) in [5.41, 5.74) is 2.59. The van der Waals surface area contributed by atoms with Crippen molar-refractivity contribution < 1.29 is 9.50 Å². The summed E-state index contributed by atoms with van der Waals surface area (Å²) in [7, 11) is 0. The quantitative estimate of drug-likeness (QED) is 0.813. The first-order valence-electron chi connectivity index (χ1n) is 6.83. The fourth-order valence-electron chi connectivity index (χ4n) is 2.15. The summed E-state index contributed by atoms with van der Waals surface area (Å²) < 4.78 is 14.0. The minimum atomic E-state index is -0.819. The molecule has 20 heavy (non-hydrogen) atoms. The van der Waals surface area contributed by atoms with Crippen LogP contribution in [-0.4, -0.2) is 5.11 Å². The van der Waals surface area contributed by atoms with Crippen molar-refractivity contribution in [1.82, 2.24) is 0 Å². The van der Waals surface area contributed by atoms with Crippen molar-refractivity contribution in [1.29, 1.82) is 0 Å². The minimum Gasteiger partial charge on any atom is -0.384 e. The predicted octanol–water partition coefficient (Wildman–Crippen LogP) is 5.01. The van der Waals surface area contributed by atoms with Crippen LogP contribution in [-0.2, 0) is 6.42 Å². The normalized spacial score (nSPS) is 12.4. The van der Waals surface area contributed by atoms with Crippen LogP contribution in [0.3, 0.4) is 0 Å². The Kier molecular flexibility index (Phi) is 5.32. The van der Waals surface area contributed by atoms with Crippen LogP contribution < -0.4 is 0 Å². The van der Waals surface area contributed by atoms with Crippen LogP contribution in [0.15, 0.2) is 46.9 Å². The highest BCUT2D eigenvalue weighted by atomic mass is 79.9. The number of hydrogen-bond acceptors (Lipinski definition) is 1. The van der Waals surface area contributed by atoms with Crippen LogP contribution in [0.25, 0.3) is 0 Å². The average molecular weight is 337 g/mol. The third kappa shape index (κ3) is 3.68. The molecule has 2 aromatic carbocycles. The number of halogens is 2. The van der Waals surface area contributed by atoms with Crippen LogP contribution in [0, 0.1) is 5.82 Å². The maximum Gasteiger partial charge on any atom is 0.123 e. The van der Waals surface area contributed by atoms with Gasteiger partial charge in [0.2, 0.25) is 0 Å². The summed E-state index contributed by atoms with van der Waals surface area (Å²) in [5.74, 6) is -0.346. The van der Waals surface area contributed by atoms with Gasteiger partial charge < -0.3 is 5.11 Å². The SMILES string of the molecule is CCCCc1ccc(C(O)c2cc(F)ccc2Br)cc1. The molecule has 1 nitrogen and oxygen atoms in total. The third-order valence-corrected chi connectivity index (χ3v) is 4.09. The molecule has 2 rings (SSSR count). The van der Waals surface area contributed by atoms with E-state index < -0.39 is 6.10 Å². The summed E-state index contributed by atoms with van der Waals surface area (Å²) >= 11 is 3.35. The lowest BCUT2D eigenvalue weighted by molar-refractivity contribution is 0.219. The van der Waals surface area contributed by atoms with E-state index in [-0.39, 0.29) is 5.82 Å². The van der Waals surface area contributed by atoms with Gasteiger partial charge >= 0.3 is 0 Å². The summed E-state index contributed by atoms with van der Waals surface area (Å²) in [4.78, 5) is 0. The molecule has 0 aromatic heterocycles. The number of unbranched alkanes of at least 4 members (excludes halogenated alkanes) is 1.